The van der Waals surface area contributed by atoms with Crippen molar-refractivity contribution in [3.63, 3.8) is 0 Å². The van der Waals surface area contributed by atoms with Crippen LogP contribution in [0.2, 0.25) is 0 Å². The Kier molecular flexibility index (Phi) is 8.28. The van der Waals surface area contributed by atoms with Gasteiger partial charge in [-0.05, 0) is 35.4 Å². The monoisotopic (exact) mass is 504 g/mol. The van der Waals surface area contributed by atoms with E-state index in [1.165, 1.54) is 36.7 Å². The van der Waals surface area contributed by atoms with E-state index in [1.807, 2.05) is 60.7 Å². The molecule has 0 saturated carbocycles. The van der Waals surface area contributed by atoms with Crippen LogP contribution in [-0.4, -0.2) is 33.7 Å². The summed E-state index contributed by atoms with van der Waals surface area (Å²) in [4.78, 5) is 20.9. The van der Waals surface area contributed by atoms with Crippen LogP contribution in [0.4, 0.5) is 11.4 Å². The molecule has 10 nitrogen and oxygen atoms in total. The first-order valence-corrected chi connectivity index (χ1v) is 11.3. The van der Waals surface area contributed by atoms with Gasteiger partial charge in [0.15, 0.2) is 0 Å². The van der Waals surface area contributed by atoms with Crippen molar-refractivity contribution < 1.29 is 9.85 Å². The van der Waals surface area contributed by atoms with E-state index in [4.69, 9.17) is 0 Å². The van der Waals surface area contributed by atoms with Crippen LogP contribution >= 0.6 is 0 Å². The van der Waals surface area contributed by atoms with Crippen LogP contribution in [0, 0.1) is 20.2 Å². The molecular weight excluding hydrogens is 484 g/mol. The van der Waals surface area contributed by atoms with E-state index in [9.17, 15) is 20.2 Å². The maximum absolute atomic E-state index is 10.9. The average Bonchev–Trinajstić information content (AvgIpc) is 2.95. The van der Waals surface area contributed by atoms with Crippen LogP contribution in [0.25, 0.3) is 0 Å². The normalized spacial score (nSPS) is 12.2. The highest BCUT2D eigenvalue weighted by Gasteiger charge is 2.15. The van der Waals surface area contributed by atoms with E-state index < -0.39 is 9.85 Å². The zero-order valence-electron chi connectivity index (χ0n) is 19.9. The fourth-order valence-corrected chi connectivity index (χ4v) is 3.35. The lowest BCUT2D eigenvalue weighted by atomic mass is 10.00. The Bertz CT molecular complexity index is 1410. The highest BCUT2D eigenvalue weighted by Crippen LogP contribution is 2.14. The van der Waals surface area contributed by atoms with Crippen LogP contribution in [0.1, 0.15) is 22.3 Å². The van der Waals surface area contributed by atoms with Gasteiger partial charge in [-0.15, -0.1) is 10.2 Å². The largest absolute Gasteiger partial charge is 0.269 e. The number of hydrogen-bond donors (Lipinski definition) is 0. The third-order valence-corrected chi connectivity index (χ3v) is 5.26. The van der Waals surface area contributed by atoms with Crippen molar-refractivity contribution in [2.45, 2.75) is 0 Å². The van der Waals surface area contributed by atoms with E-state index in [0.717, 1.165) is 11.1 Å². The Morgan fingerprint density at radius 3 is 1.18 bits per heavy atom. The molecule has 0 aliphatic rings. The minimum absolute atomic E-state index is 0.0139. The van der Waals surface area contributed by atoms with Crippen molar-refractivity contribution in [2.24, 2.45) is 20.4 Å². The highest BCUT2D eigenvalue weighted by molar-refractivity contribution is 6.53. The van der Waals surface area contributed by atoms with Crippen molar-refractivity contribution in [3.05, 3.63) is 152 Å². The maximum atomic E-state index is 10.9. The topological polar surface area (TPSA) is 136 Å². The molecule has 0 aromatic heterocycles. The predicted octanol–water partition coefficient (Wildman–Crippen LogP) is 5.85. The summed E-state index contributed by atoms with van der Waals surface area (Å²) in [7, 11) is 0. The van der Waals surface area contributed by atoms with Gasteiger partial charge < -0.3 is 0 Å². The number of nitrogens with zero attached hydrogens (tertiary/aromatic N) is 6. The summed E-state index contributed by atoms with van der Waals surface area (Å²) in [6.45, 7) is 0. The Hall–Kier alpha value is -5.64. The van der Waals surface area contributed by atoms with Gasteiger partial charge in [-0.2, -0.15) is 10.2 Å². The second-order valence-corrected chi connectivity index (χ2v) is 7.82. The third-order valence-electron chi connectivity index (χ3n) is 5.26. The lowest BCUT2D eigenvalue weighted by Gasteiger charge is -2.08. The quantitative estimate of drug-likeness (QED) is 0.160. The van der Waals surface area contributed by atoms with Gasteiger partial charge in [0.1, 0.15) is 11.4 Å². The molecule has 186 valence electrons. The molecule has 4 aromatic rings. The lowest BCUT2D eigenvalue weighted by Crippen LogP contribution is -2.17. The van der Waals surface area contributed by atoms with Crippen LogP contribution in [0.3, 0.4) is 0 Å². The molecule has 4 rings (SSSR count). The Labute approximate surface area is 217 Å². The van der Waals surface area contributed by atoms with E-state index in [1.54, 1.807) is 24.3 Å². The fourth-order valence-electron chi connectivity index (χ4n) is 3.35. The first kappa shape index (κ1) is 25.5. The lowest BCUT2D eigenvalue weighted by molar-refractivity contribution is -0.385. The van der Waals surface area contributed by atoms with Gasteiger partial charge in [0.05, 0.1) is 22.3 Å². The van der Waals surface area contributed by atoms with Crippen LogP contribution in [0.15, 0.2) is 130 Å². The molecule has 0 fully saturated rings. The van der Waals surface area contributed by atoms with Gasteiger partial charge in [0.2, 0.25) is 0 Å². The number of rotatable bonds is 9. The summed E-state index contributed by atoms with van der Waals surface area (Å²) >= 11 is 0. The fraction of sp³-hybridized carbons (Fsp3) is 0. The molecule has 0 N–H and O–H groups in total. The van der Waals surface area contributed by atoms with Gasteiger partial charge in [-0.25, -0.2) is 0 Å². The molecule has 0 spiro atoms. The summed E-state index contributed by atoms with van der Waals surface area (Å²) < 4.78 is 0. The molecule has 0 saturated heterocycles. The number of hydrogen-bond acceptors (Lipinski definition) is 8. The molecule has 4 aromatic carbocycles. The minimum atomic E-state index is -0.466. The highest BCUT2D eigenvalue weighted by atomic mass is 16.6. The SMILES string of the molecule is O=[N+]([O-])c1ccc(/C=N/N=C(\C(=N\N=C\c2ccc([N+](=O)[O-])cc2)c2ccccc2)c2ccccc2)cc1. The molecule has 0 unspecified atom stereocenters. The molecule has 10 heteroatoms. The second-order valence-electron chi connectivity index (χ2n) is 7.82. The second kappa shape index (κ2) is 12.4. The minimum Gasteiger partial charge on any atom is -0.258 e. The first-order valence-electron chi connectivity index (χ1n) is 11.3. The third kappa shape index (κ3) is 6.73. The summed E-state index contributed by atoms with van der Waals surface area (Å²) in [5.41, 5.74) is 3.66. The van der Waals surface area contributed by atoms with Gasteiger partial charge >= 0.3 is 0 Å². The van der Waals surface area contributed by atoms with Crippen LogP contribution in [-0.2, 0) is 0 Å². The van der Waals surface area contributed by atoms with E-state index in [-0.39, 0.29) is 11.4 Å². The van der Waals surface area contributed by atoms with Gasteiger partial charge in [0.25, 0.3) is 11.4 Å². The predicted molar refractivity (Wildman–Crippen MR) is 147 cm³/mol. The summed E-state index contributed by atoms with van der Waals surface area (Å²) in [6, 6.07) is 30.7. The van der Waals surface area contributed by atoms with Crippen LogP contribution < -0.4 is 0 Å². The molecule has 0 heterocycles. The zero-order chi connectivity index (χ0) is 26.7. The van der Waals surface area contributed by atoms with Gasteiger partial charge in [0, 0.05) is 35.4 Å². The molecular formula is C28H20N6O4. The Morgan fingerprint density at radius 2 is 0.868 bits per heavy atom. The summed E-state index contributed by atoms with van der Waals surface area (Å²) in [5, 5.41) is 39.2. The van der Waals surface area contributed by atoms with Crippen molar-refractivity contribution in [1.29, 1.82) is 0 Å². The molecule has 38 heavy (non-hydrogen) atoms. The number of nitro benzene ring substituents is 2. The Morgan fingerprint density at radius 1 is 0.526 bits per heavy atom. The molecule has 0 aliphatic heterocycles. The van der Waals surface area contributed by atoms with Crippen molar-refractivity contribution in [1.82, 2.24) is 0 Å². The van der Waals surface area contributed by atoms with Crippen molar-refractivity contribution in [2.75, 3.05) is 0 Å². The van der Waals surface area contributed by atoms with E-state index in [0.29, 0.717) is 22.6 Å². The molecule has 0 aliphatic carbocycles. The smallest absolute Gasteiger partial charge is 0.258 e. The standard InChI is InChI=1S/C28H20N6O4/c35-33(36)25-15-11-21(12-16-25)19-29-31-27(23-7-3-1-4-8-23)28(24-9-5-2-6-10-24)32-30-20-22-13-17-26(18-14-22)34(37)38/h1-20H/b29-19+,30-20+,31-27-,32-28+. The van der Waals surface area contributed by atoms with Gasteiger partial charge in [-0.3, -0.25) is 20.2 Å². The zero-order valence-corrected chi connectivity index (χ0v) is 19.9. The molecule has 0 amide bonds. The van der Waals surface area contributed by atoms with Crippen molar-refractivity contribution in [3.8, 4) is 0 Å². The molecule has 0 radical (unpaired) electrons. The van der Waals surface area contributed by atoms with Crippen molar-refractivity contribution >= 4 is 35.2 Å². The maximum Gasteiger partial charge on any atom is 0.269 e. The number of nitro groups is 2. The Balaban J connectivity index is 1.72. The number of non-ortho nitro benzene ring substituents is 2. The summed E-state index contributed by atoms with van der Waals surface area (Å²) in [6.07, 6.45) is 2.99. The molecule has 0 atom stereocenters. The summed E-state index contributed by atoms with van der Waals surface area (Å²) in [5.74, 6) is 0. The van der Waals surface area contributed by atoms with Gasteiger partial charge in [-0.1, -0.05) is 60.7 Å². The first-order chi connectivity index (χ1) is 18.5. The number of benzene rings is 4. The van der Waals surface area contributed by atoms with E-state index >= 15 is 0 Å². The average molecular weight is 505 g/mol. The van der Waals surface area contributed by atoms with E-state index in [2.05, 4.69) is 20.4 Å². The molecule has 0 bridgehead atoms. The van der Waals surface area contributed by atoms with Crippen LogP contribution in [0.5, 0.6) is 0 Å².